The summed E-state index contributed by atoms with van der Waals surface area (Å²) in [4.78, 5) is 10.8. The highest BCUT2D eigenvalue weighted by atomic mass is 16.1. The van der Waals surface area contributed by atoms with Gasteiger partial charge >= 0.3 is 0 Å². The van der Waals surface area contributed by atoms with Crippen LogP contribution in [0.25, 0.3) is 5.69 Å². The van der Waals surface area contributed by atoms with Crippen LogP contribution in [-0.4, -0.2) is 19.6 Å². The number of nitrogens with zero attached hydrogens (tertiary/aromatic N) is 3. The van der Waals surface area contributed by atoms with Crippen LogP contribution in [0, 0.1) is 0 Å². The molecule has 0 saturated carbocycles. The van der Waals surface area contributed by atoms with Gasteiger partial charge in [-0.3, -0.25) is 19.3 Å². The van der Waals surface area contributed by atoms with Crippen LogP contribution in [0.5, 0.6) is 0 Å². The Hall–Kier alpha value is -1.78. The molecule has 12 heavy (non-hydrogen) atoms. The van der Waals surface area contributed by atoms with Crippen LogP contribution in [-0.2, 0) is 7.05 Å². The number of rotatable bonds is 1. The van der Waals surface area contributed by atoms with Crippen LogP contribution in [0.15, 0.2) is 29.5 Å². The lowest BCUT2D eigenvalue weighted by Crippen LogP contribution is -2.02. The first kappa shape index (κ1) is 6.90. The zero-order valence-corrected chi connectivity index (χ0v) is 6.56. The quantitative estimate of drug-likeness (QED) is 0.639. The Bertz CT molecular complexity index is 436. The molecule has 5 heteroatoms. The van der Waals surface area contributed by atoms with E-state index in [-0.39, 0.29) is 5.56 Å². The van der Waals surface area contributed by atoms with Crippen molar-refractivity contribution in [1.29, 1.82) is 0 Å². The summed E-state index contributed by atoms with van der Waals surface area (Å²) in [7, 11) is 1.82. The first-order valence-electron chi connectivity index (χ1n) is 3.52. The summed E-state index contributed by atoms with van der Waals surface area (Å²) in [5, 5.41) is 6.59. The van der Waals surface area contributed by atoms with Gasteiger partial charge in [-0.15, -0.1) is 0 Å². The van der Waals surface area contributed by atoms with Gasteiger partial charge < -0.3 is 0 Å². The van der Waals surface area contributed by atoms with Crippen LogP contribution in [0.4, 0.5) is 0 Å². The molecule has 2 heterocycles. The minimum atomic E-state index is -0.112. The second-order valence-electron chi connectivity index (χ2n) is 2.53. The van der Waals surface area contributed by atoms with Gasteiger partial charge in [0.15, 0.2) is 0 Å². The normalized spacial score (nSPS) is 10.4. The van der Waals surface area contributed by atoms with E-state index in [4.69, 9.17) is 0 Å². The molecular formula is C7H8N4O. The van der Waals surface area contributed by atoms with Gasteiger partial charge in [-0.1, -0.05) is 0 Å². The SMILES string of the molecule is Cn1cc(-n2ccc(=O)[nH]2)cn1. The van der Waals surface area contributed by atoms with Gasteiger partial charge in [0.25, 0.3) is 5.56 Å². The second-order valence-corrected chi connectivity index (χ2v) is 2.53. The molecule has 2 aromatic rings. The van der Waals surface area contributed by atoms with Crippen LogP contribution in [0.3, 0.4) is 0 Å². The molecule has 0 bridgehead atoms. The van der Waals surface area contributed by atoms with Crippen LogP contribution in [0.1, 0.15) is 0 Å². The van der Waals surface area contributed by atoms with Crippen molar-refractivity contribution in [2.45, 2.75) is 0 Å². The summed E-state index contributed by atoms with van der Waals surface area (Å²) in [6, 6.07) is 1.47. The summed E-state index contributed by atoms with van der Waals surface area (Å²) < 4.78 is 3.29. The fourth-order valence-electron chi connectivity index (χ4n) is 1.02. The Morgan fingerprint density at radius 3 is 2.92 bits per heavy atom. The highest BCUT2D eigenvalue weighted by Gasteiger charge is 1.97. The first-order chi connectivity index (χ1) is 5.75. The van der Waals surface area contributed by atoms with Crippen LogP contribution >= 0.6 is 0 Å². The predicted molar refractivity (Wildman–Crippen MR) is 43.2 cm³/mol. The van der Waals surface area contributed by atoms with Gasteiger partial charge in [0.1, 0.15) is 5.69 Å². The van der Waals surface area contributed by atoms with Gasteiger partial charge in [0.2, 0.25) is 0 Å². The molecule has 0 aliphatic carbocycles. The summed E-state index contributed by atoms with van der Waals surface area (Å²) in [5.41, 5.74) is 0.735. The average molecular weight is 164 g/mol. The highest BCUT2D eigenvalue weighted by molar-refractivity contribution is 5.23. The molecule has 62 valence electrons. The summed E-state index contributed by atoms with van der Waals surface area (Å²) in [5.74, 6) is 0. The van der Waals surface area contributed by atoms with E-state index in [0.29, 0.717) is 0 Å². The number of nitrogens with one attached hydrogen (secondary N) is 1. The molecule has 0 spiro atoms. The Kier molecular flexibility index (Phi) is 1.36. The number of aromatic amines is 1. The fraction of sp³-hybridized carbons (Fsp3) is 0.143. The molecule has 2 aromatic heterocycles. The van der Waals surface area contributed by atoms with Gasteiger partial charge in [-0.05, 0) is 0 Å². The lowest BCUT2D eigenvalue weighted by atomic mass is 10.6. The minimum Gasteiger partial charge on any atom is -0.274 e. The summed E-state index contributed by atoms with van der Waals surface area (Å²) in [6.45, 7) is 0. The number of aromatic nitrogens is 4. The largest absolute Gasteiger partial charge is 0.274 e. The number of aryl methyl sites for hydroxylation is 1. The molecule has 0 amide bonds. The summed E-state index contributed by atoms with van der Waals surface area (Å²) in [6.07, 6.45) is 5.16. The van der Waals surface area contributed by atoms with E-state index in [1.807, 2.05) is 13.2 Å². The maximum absolute atomic E-state index is 10.8. The first-order valence-corrected chi connectivity index (χ1v) is 3.52. The van der Waals surface area contributed by atoms with Gasteiger partial charge in [0, 0.05) is 19.3 Å². The second kappa shape index (κ2) is 2.37. The maximum Gasteiger partial charge on any atom is 0.264 e. The fourth-order valence-corrected chi connectivity index (χ4v) is 1.02. The van der Waals surface area contributed by atoms with Crippen molar-refractivity contribution in [3.8, 4) is 5.69 Å². The average Bonchev–Trinajstić information content (AvgIpc) is 2.58. The van der Waals surface area contributed by atoms with Crippen LogP contribution in [0.2, 0.25) is 0 Å². The Morgan fingerprint density at radius 1 is 1.58 bits per heavy atom. The van der Waals surface area contributed by atoms with Gasteiger partial charge in [-0.25, -0.2) is 0 Å². The van der Waals surface area contributed by atoms with Crippen molar-refractivity contribution in [2.24, 2.45) is 7.05 Å². The van der Waals surface area contributed by atoms with E-state index in [1.165, 1.54) is 6.07 Å². The van der Waals surface area contributed by atoms with E-state index in [9.17, 15) is 4.79 Å². The Labute approximate surface area is 68.2 Å². The zero-order chi connectivity index (χ0) is 8.55. The number of hydrogen-bond donors (Lipinski definition) is 1. The lowest BCUT2D eigenvalue weighted by Gasteiger charge is -1.93. The summed E-state index contributed by atoms with van der Waals surface area (Å²) >= 11 is 0. The number of hydrogen-bond acceptors (Lipinski definition) is 2. The Morgan fingerprint density at radius 2 is 2.42 bits per heavy atom. The van der Waals surface area contributed by atoms with Crippen molar-refractivity contribution < 1.29 is 0 Å². The molecule has 0 aromatic carbocycles. The third-order valence-corrected chi connectivity index (χ3v) is 1.58. The van der Waals surface area contributed by atoms with Crippen molar-refractivity contribution in [3.63, 3.8) is 0 Å². The smallest absolute Gasteiger partial charge is 0.264 e. The molecular weight excluding hydrogens is 156 g/mol. The maximum atomic E-state index is 10.8. The van der Waals surface area contributed by atoms with E-state index in [0.717, 1.165) is 5.69 Å². The molecule has 0 fully saturated rings. The van der Waals surface area contributed by atoms with Gasteiger partial charge in [0.05, 0.1) is 12.4 Å². The van der Waals surface area contributed by atoms with E-state index in [2.05, 4.69) is 10.2 Å². The molecule has 0 atom stereocenters. The topological polar surface area (TPSA) is 55.6 Å². The monoisotopic (exact) mass is 164 g/mol. The van der Waals surface area contributed by atoms with Gasteiger partial charge in [-0.2, -0.15) is 5.10 Å². The van der Waals surface area contributed by atoms with Crippen LogP contribution < -0.4 is 5.56 Å². The van der Waals surface area contributed by atoms with Crippen molar-refractivity contribution in [1.82, 2.24) is 19.6 Å². The molecule has 1 N–H and O–H groups in total. The van der Waals surface area contributed by atoms with Crippen molar-refractivity contribution in [2.75, 3.05) is 0 Å². The molecule has 0 aliphatic heterocycles. The van der Waals surface area contributed by atoms with E-state index < -0.39 is 0 Å². The molecule has 0 unspecified atom stereocenters. The molecule has 0 radical (unpaired) electrons. The number of H-pyrrole nitrogens is 1. The van der Waals surface area contributed by atoms with Crippen molar-refractivity contribution >= 4 is 0 Å². The molecule has 5 nitrogen and oxygen atoms in total. The molecule has 0 saturated heterocycles. The molecule has 2 rings (SSSR count). The Balaban J connectivity index is 2.50. The highest BCUT2D eigenvalue weighted by Crippen LogP contribution is 2.00. The third kappa shape index (κ3) is 1.05. The van der Waals surface area contributed by atoms with Crippen molar-refractivity contribution in [3.05, 3.63) is 35.0 Å². The molecule has 0 aliphatic rings. The van der Waals surface area contributed by atoms with E-state index in [1.54, 1.807) is 21.8 Å². The minimum absolute atomic E-state index is 0.112. The lowest BCUT2D eigenvalue weighted by molar-refractivity contribution is 0.765. The zero-order valence-electron chi connectivity index (χ0n) is 6.56. The standard InChI is InChI=1S/C7H8N4O/c1-10-5-6(4-8-10)11-3-2-7(12)9-11/h2-5H,1H3,(H,9,12). The van der Waals surface area contributed by atoms with E-state index >= 15 is 0 Å². The predicted octanol–water partition coefficient (Wildman–Crippen LogP) is -0.101. The third-order valence-electron chi connectivity index (χ3n) is 1.58.